The Labute approximate surface area is 105 Å². The van der Waals surface area contributed by atoms with Gasteiger partial charge in [0.05, 0.1) is 6.61 Å². The van der Waals surface area contributed by atoms with E-state index in [0.29, 0.717) is 31.3 Å². The summed E-state index contributed by atoms with van der Waals surface area (Å²) < 4.78 is 29.1. The second-order valence-electron chi connectivity index (χ2n) is 4.08. The summed E-state index contributed by atoms with van der Waals surface area (Å²) in [6.07, 6.45) is 0.642. The molecule has 0 atom stereocenters. The van der Waals surface area contributed by atoms with E-state index in [0.717, 1.165) is 0 Å². The van der Waals surface area contributed by atoms with E-state index in [-0.39, 0.29) is 5.16 Å². The lowest BCUT2D eigenvalue weighted by Gasteiger charge is -2.09. The summed E-state index contributed by atoms with van der Waals surface area (Å²) in [4.78, 5) is 0. The molecule has 0 aromatic carbocycles. The van der Waals surface area contributed by atoms with Crippen molar-refractivity contribution in [2.75, 3.05) is 13.7 Å². The van der Waals surface area contributed by atoms with Crippen LogP contribution >= 0.6 is 10.7 Å². The van der Waals surface area contributed by atoms with Crippen LogP contribution in [0, 0.1) is 5.92 Å². The number of hydrogen-bond acceptors (Lipinski definition) is 5. The van der Waals surface area contributed by atoms with Gasteiger partial charge in [-0.05, 0) is 5.92 Å². The quantitative estimate of drug-likeness (QED) is 0.729. The normalized spacial score (nSPS) is 12.3. The number of halogens is 1. The standard InChI is InChI=1S/C9H16ClN3O3S/c1-7(2)6-8-11-12-9(17(10,14)15)13(8)4-5-16-3/h7H,4-6H2,1-3H3. The van der Waals surface area contributed by atoms with E-state index in [9.17, 15) is 8.42 Å². The van der Waals surface area contributed by atoms with Crippen molar-refractivity contribution in [3.05, 3.63) is 5.82 Å². The van der Waals surface area contributed by atoms with Crippen LogP contribution in [0.25, 0.3) is 0 Å². The zero-order chi connectivity index (χ0) is 13.1. The lowest BCUT2D eigenvalue weighted by Crippen LogP contribution is -2.14. The van der Waals surface area contributed by atoms with Gasteiger partial charge in [0.1, 0.15) is 5.82 Å². The largest absolute Gasteiger partial charge is 0.383 e. The third-order valence-corrected chi connectivity index (χ3v) is 3.27. The van der Waals surface area contributed by atoms with E-state index < -0.39 is 9.05 Å². The molecule has 0 fully saturated rings. The number of aromatic nitrogens is 3. The molecule has 8 heteroatoms. The van der Waals surface area contributed by atoms with Gasteiger partial charge < -0.3 is 4.74 Å². The first-order chi connectivity index (χ1) is 7.86. The van der Waals surface area contributed by atoms with Crippen molar-refractivity contribution in [2.24, 2.45) is 5.92 Å². The minimum Gasteiger partial charge on any atom is -0.383 e. The highest BCUT2D eigenvalue weighted by Gasteiger charge is 2.22. The van der Waals surface area contributed by atoms with Crippen LogP contribution in [0.3, 0.4) is 0 Å². The highest BCUT2D eigenvalue weighted by molar-refractivity contribution is 8.13. The van der Waals surface area contributed by atoms with E-state index >= 15 is 0 Å². The molecule has 0 unspecified atom stereocenters. The molecule has 1 rings (SSSR count). The lowest BCUT2D eigenvalue weighted by molar-refractivity contribution is 0.183. The van der Waals surface area contributed by atoms with Gasteiger partial charge in [-0.25, -0.2) is 8.42 Å². The van der Waals surface area contributed by atoms with Gasteiger partial charge in [0.25, 0.3) is 14.2 Å². The number of rotatable bonds is 6. The predicted octanol–water partition coefficient (Wildman–Crippen LogP) is 1.05. The molecule has 1 aromatic heterocycles. The Balaban J connectivity index is 3.10. The van der Waals surface area contributed by atoms with E-state index in [1.54, 1.807) is 7.11 Å². The van der Waals surface area contributed by atoms with Gasteiger partial charge in [-0.1, -0.05) is 13.8 Å². The van der Waals surface area contributed by atoms with Crippen molar-refractivity contribution >= 4 is 19.7 Å². The topological polar surface area (TPSA) is 74.1 Å². The van der Waals surface area contributed by atoms with E-state index in [1.165, 1.54) is 4.57 Å². The Morgan fingerprint density at radius 2 is 2.06 bits per heavy atom. The fraction of sp³-hybridized carbons (Fsp3) is 0.778. The molecule has 17 heavy (non-hydrogen) atoms. The second-order valence-corrected chi connectivity index (χ2v) is 6.54. The van der Waals surface area contributed by atoms with Gasteiger partial charge in [0.15, 0.2) is 0 Å². The highest BCUT2D eigenvalue weighted by atomic mass is 35.7. The summed E-state index contributed by atoms with van der Waals surface area (Å²) >= 11 is 0. The molecule has 0 N–H and O–H groups in total. The van der Waals surface area contributed by atoms with Gasteiger partial charge in [-0.3, -0.25) is 4.57 Å². The van der Waals surface area contributed by atoms with Gasteiger partial charge in [0.2, 0.25) is 0 Å². The van der Waals surface area contributed by atoms with E-state index in [2.05, 4.69) is 10.2 Å². The first-order valence-electron chi connectivity index (χ1n) is 5.22. The van der Waals surface area contributed by atoms with Gasteiger partial charge in [-0.2, -0.15) is 0 Å². The fourth-order valence-electron chi connectivity index (χ4n) is 1.42. The molecule has 0 aliphatic heterocycles. The van der Waals surface area contributed by atoms with Crippen molar-refractivity contribution in [3.8, 4) is 0 Å². The summed E-state index contributed by atoms with van der Waals surface area (Å²) in [6, 6.07) is 0. The third-order valence-electron chi connectivity index (χ3n) is 2.12. The first kappa shape index (κ1) is 14.4. The maximum atomic E-state index is 11.3. The number of methoxy groups -OCH3 is 1. The Kier molecular flexibility index (Phi) is 4.91. The maximum Gasteiger partial charge on any atom is 0.296 e. The molecule has 1 aromatic rings. The molecule has 6 nitrogen and oxygen atoms in total. The average molecular weight is 282 g/mol. The molecular formula is C9H16ClN3O3S. The molecule has 0 saturated heterocycles. The molecule has 1 heterocycles. The van der Waals surface area contributed by atoms with Gasteiger partial charge in [-0.15, -0.1) is 10.2 Å². The van der Waals surface area contributed by atoms with Crippen LogP contribution in [0.5, 0.6) is 0 Å². The van der Waals surface area contributed by atoms with Gasteiger partial charge >= 0.3 is 0 Å². The Morgan fingerprint density at radius 1 is 1.41 bits per heavy atom. The summed E-state index contributed by atoms with van der Waals surface area (Å²) in [7, 11) is 2.97. The zero-order valence-electron chi connectivity index (χ0n) is 10.1. The predicted molar refractivity (Wildman–Crippen MR) is 63.5 cm³/mol. The Hall–Kier alpha value is -0.660. The van der Waals surface area contributed by atoms with Crippen molar-refractivity contribution in [1.29, 1.82) is 0 Å². The smallest absolute Gasteiger partial charge is 0.296 e. The first-order valence-corrected chi connectivity index (χ1v) is 7.53. The maximum absolute atomic E-state index is 11.3. The molecule has 0 bridgehead atoms. The van der Waals surface area contributed by atoms with Crippen molar-refractivity contribution in [3.63, 3.8) is 0 Å². The van der Waals surface area contributed by atoms with E-state index in [1.807, 2.05) is 13.8 Å². The fourth-order valence-corrected chi connectivity index (χ4v) is 2.36. The second kappa shape index (κ2) is 5.79. The molecular weight excluding hydrogens is 266 g/mol. The molecule has 98 valence electrons. The average Bonchev–Trinajstić information content (AvgIpc) is 2.56. The van der Waals surface area contributed by atoms with Crippen molar-refractivity contribution in [1.82, 2.24) is 14.8 Å². The number of nitrogens with zero attached hydrogens (tertiary/aromatic N) is 3. The van der Waals surface area contributed by atoms with E-state index in [4.69, 9.17) is 15.4 Å². The van der Waals surface area contributed by atoms with Crippen molar-refractivity contribution in [2.45, 2.75) is 32.0 Å². The highest BCUT2D eigenvalue weighted by Crippen LogP contribution is 2.16. The molecule has 0 amide bonds. The SMILES string of the molecule is COCCn1c(CC(C)C)nnc1S(=O)(=O)Cl. The molecule has 0 aliphatic rings. The monoisotopic (exact) mass is 281 g/mol. The Morgan fingerprint density at radius 3 is 2.53 bits per heavy atom. The zero-order valence-corrected chi connectivity index (χ0v) is 11.6. The molecule has 0 radical (unpaired) electrons. The van der Waals surface area contributed by atoms with Crippen LogP contribution in [0.4, 0.5) is 0 Å². The van der Waals surface area contributed by atoms with Gasteiger partial charge in [0, 0.05) is 30.8 Å². The molecule has 0 aliphatic carbocycles. The van der Waals surface area contributed by atoms with Crippen LogP contribution in [-0.4, -0.2) is 36.9 Å². The molecule has 0 spiro atoms. The number of hydrogen-bond donors (Lipinski definition) is 0. The third kappa shape index (κ3) is 3.93. The minimum atomic E-state index is -3.87. The van der Waals surface area contributed by atoms with Crippen molar-refractivity contribution < 1.29 is 13.2 Å². The minimum absolute atomic E-state index is 0.216. The summed E-state index contributed by atoms with van der Waals surface area (Å²) in [5, 5.41) is 7.28. The summed E-state index contributed by atoms with van der Waals surface area (Å²) in [5.41, 5.74) is 0. The number of ether oxygens (including phenoxy) is 1. The molecule has 0 saturated carbocycles. The van der Waals surface area contributed by atoms with Crippen LogP contribution in [0.15, 0.2) is 5.16 Å². The lowest BCUT2D eigenvalue weighted by atomic mass is 10.1. The van der Waals surface area contributed by atoms with Crippen LogP contribution in [0.2, 0.25) is 0 Å². The summed E-state index contributed by atoms with van der Waals surface area (Å²) in [5.74, 6) is 0.961. The van der Waals surface area contributed by atoms with Crippen LogP contribution in [-0.2, 0) is 26.8 Å². The van der Waals surface area contributed by atoms with Crippen LogP contribution in [0.1, 0.15) is 19.7 Å². The summed E-state index contributed by atoms with van der Waals surface area (Å²) in [6.45, 7) is 4.78. The van der Waals surface area contributed by atoms with Crippen LogP contribution < -0.4 is 0 Å². The Bertz CT molecular complexity index is 470.